The Balaban J connectivity index is 1.96. The van der Waals surface area contributed by atoms with Gasteiger partial charge in [0, 0.05) is 6.54 Å². The molecule has 0 saturated heterocycles. The molecule has 0 amide bonds. The largest absolute Gasteiger partial charge is 0.304 e. The summed E-state index contributed by atoms with van der Waals surface area (Å²) in [6.07, 6.45) is 0.821. The van der Waals surface area contributed by atoms with Crippen LogP contribution in [0.1, 0.15) is 24.0 Å². The number of nitrogens with one attached hydrogen (secondary N) is 1. The van der Waals surface area contributed by atoms with Gasteiger partial charge >= 0.3 is 0 Å². The van der Waals surface area contributed by atoms with Crippen molar-refractivity contribution in [2.24, 2.45) is 0 Å². The van der Waals surface area contributed by atoms with E-state index in [-0.39, 0.29) is 5.88 Å². The van der Waals surface area contributed by atoms with Gasteiger partial charge in [-0.3, -0.25) is 0 Å². The molecular weight excluding hydrogens is 294 g/mol. The van der Waals surface area contributed by atoms with Crippen molar-refractivity contribution in [3.05, 3.63) is 66.6 Å². The average molecular weight is 316 g/mol. The Morgan fingerprint density at radius 3 is 2.05 bits per heavy atom. The van der Waals surface area contributed by atoms with Crippen molar-refractivity contribution >= 4 is 10.7 Å². The number of rotatable bonds is 7. The minimum Gasteiger partial charge on any atom is -0.304 e. The first-order valence-electron chi connectivity index (χ1n) is 7.41. The number of benzene rings is 2. The monoisotopic (exact) mass is 316 g/mol. The van der Waals surface area contributed by atoms with E-state index in [9.17, 15) is 8.42 Å². The van der Waals surface area contributed by atoms with Gasteiger partial charge in [0.05, 0.1) is 5.88 Å². The van der Waals surface area contributed by atoms with E-state index in [0.29, 0.717) is 12.5 Å². The van der Waals surface area contributed by atoms with Crippen LogP contribution in [0.5, 0.6) is 0 Å². The SMILES string of the molecule is [CH2][C@H](C)c1ccc(-c2ccc(CCNC[SH](=O)=O)cc2)cc1. The Labute approximate surface area is 134 Å². The third-order valence-electron chi connectivity index (χ3n) is 3.60. The maximum Gasteiger partial charge on any atom is 0.153 e. The van der Waals surface area contributed by atoms with Crippen LogP contribution in [0.4, 0.5) is 0 Å². The summed E-state index contributed by atoms with van der Waals surface area (Å²) in [6.45, 7) is 6.77. The quantitative estimate of drug-likeness (QED) is 0.610. The lowest BCUT2D eigenvalue weighted by molar-refractivity contribution is 0.605. The molecule has 0 spiro atoms. The van der Waals surface area contributed by atoms with E-state index in [1.54, 1.807) is 0 Å². The molecule has 3 nitrogen and oxygen atoms in total. The molecule has 4 heteroatoms. The fraction of sp³-hybridized carbons (Fsp3) is 0.278. The molecular formula is C18H22NO2S. The number of hydrogen-bond acceptors (Lipinski definition) is 3. The van der Waals surface area contributed by atoms with Gasteiger partial charge in [0.2, 0.25) is 0 Å². The molecule has 1 N–H and O–H groups in total. The van der Waals surface area contributed by atoms with Gasteiger partial charge < -0.3 is 5.32 Å². The molecule has 0 bridgehead atoms. The Bertz CT molecular complexity index is 650. The molecule has 0 fully saturated rings. The van der Waals surface area contributed by atoms with Crippen molar-refractivity contribution in [3.63, 3.8) is 0 Å². The summed E-state index contributed by atoms with van der Waals surface area (Å²) in [5.74, 6) is 0.345. The van der Waals surface area contributed by atoms with E-state index in [1.807, 2.05) is 0 Å². The van der Waals surface area contributed by atoms with Gasteiger partial charge in [-0.05, 0) is 41.5 Å². The normalized spacial score (nSPS) is 11.3. The zero-order valence-electron chi connectivity index (χ0n) is 12.8. The maximum absolute atomic E-state index is 10.4. The molecule has 2 aromatic carbocycles. The molecule has 0 heterocycles. The molecule has 117 valence electrons. The smallest absolute Gasteiger partial charge is 0.153 e. The summed E-state index contributed by atoms with van der Waals surface area (Å²) < 4.78 is 20.9. The summed E-state index contributed by atoms with van der Waals surface area (Å²) in [5.41, 5.74) is 4.81. The number of thiol groups is 1. The summed E-state index contributed by atoms with van der Waals surface area (Å²) in [6, 6.07) is 16.9. The molecule has 2 aromatic rings. The molecule has 0 aliphatic rings. The standard InChI is InChI=1S/C18H22NO2S/c1-14(2)16-7-9-18(10-8-16)17-5-3-15(4-6-17)11-12-19-13-22(20)21/h3-10,14,19,22H,1,11-13H2,2H3/t14-/m1/s1. The van der Waals surface area contributed by atoms with E-state index < -0.39 is 10.7 Å². The van der Waals surface area contributed by atoms with E-state index in [4.69, 9.17) is 0 Å². The van der Waals surface area contributed by atoms with Crippen LogP contribution in [0.3, 0.4) is 0 Å². The van der Waals surface area contributed by atoms with Gasteiger partial charge in [-0.25, -0.2) is 8.42 Å². The minimum atomic E-state index is -2.34. The van der Waals surface area contributed by atoms with Crippen molar-refractivity contribution in [3.8, 4) is 11.1 Å². The van der Waals surface area contributed by atoms with Crippen LogP contribution in [0.2, 0.25) is 0 Å². The lowest BCUT2D eigenvalue weighted by Crippen LogP contribution is -2.19. The van der Waals surface area contributed by atoms with Gasteiger partial charge in [0.1, 0.15) is 0 Å². The Morgan fingerprint density at radius 2 is 1.55 bits per heavy atom. The zero-order valence-corrected chi connectivity index (χ0v) is 13.7. The van der Waals surface area contributed by atoms with Crippen LogP contribution in [0.25, 0.3) is 11.1 Å². The van der Waals surface area contributed by atoms with E-state index in [2.05, 4.69) is 67.7 Å². The predicted octanol–water partition coefficient (Wildman–Crippen LogP) is 2.99. The fourth-order valence-corrected chi connectivity index (χ4v) is 2.61. The van der Waals surface area contributed by atoms with Crippen molar-refractivity contribution in [1.29, 1.82) is 0 Å². The molecule has 0 aliphatic heterocycles. The topological polar surface area (TPSA) is 46.2 Å². The van der Waals surface area contributed by atoms with Crippen LogP contribution in [-0.4, -0.2) is 20.8 Å². The second kappa shape index (κ2) is 8.11. The lowest BCUT2D eigenvalue weighted by atomic mass is 9.98. The molecule has 0 saturated carbocycles. The molecule has 0 unspecified atom stereocenters. The first-order valence-corrected chi connectivity index (χ1v) is 8.77. The molecule has 22 heavy (non-hydrogen) atoms. The maximum atomic E-state index is 10.4. The van der Waals surface area contributed by atoms with E-state index in [0.717, 1.165) is 6.42 Å². The second-order valence-electron chi connectivity index (χ2n) is 5.46. The third kappa shape index (κ3) is 4.97. The van der Waals surface area contributed by atoms with Crippen LogP contribution >= 0.6 is 0 Å². The lowest BCUT2D eigenvalue weighted by Gasteiger charge is -2.08. The van der Waals surface area contributed by atoms with E-state index >= 15 is 0 Å². The van der Waals surface area contributed by atoms with Crippen molar-refractivity contribution in [1.82, 2.24) is 5.32 Å². The van der Waals surface area contributed by atoms with E-state index in [1.165, 1.54) is 22.3 Å². The molecule has 1 atom stereocenters. The fourth-order valence-electron chi connectivity index (χ4n) is 2.27. The van der Waals surface area contributed by atoms with Gasteiger partial charge in [-0.2, -0.15) is 0 Å². The third-order valence-corrected chi connectivity index (χ3v) is 4.08. The molecule has 2 rings (SSSR count). The van der Waals surface area contributed by atoms with Crippen LogP contribution in [0.15, 0.2) is 48.5 Å². The van der Waals surface area contributed by atoms with Gasteiger partial charge in [0.25, 0.3) is 0 Å². The summed E-state index contributed by atoms with van der Waals surface area (Å²) in [5, 5.41) is 2.89. The first kappa shape index (κ1) is 16.7. The highest BCUT2D eigenvalue weighted by molar-refractivity contribution is 7.72. The molecule has 0 aliphatic carbocycles. The minimum absolute atomic E-state index is 0.0461. The van der Waals surface area contributed by atoms with Crippen LogP contribution in [-0.2, 0) is 17.1 Å². The Morgan fingerprint density at radius 1 is 1.00 bits per heavy atom. The average Bonchev–Trinajstić information content (AvgIpc) is 2.52. The highest BCUT2D eigenvalue weighted by Gasteiger charge is 2.01. The number of hydrogen-bond donors (Lipinski definition) is 2. The van der Waals surface area contributed by atoms with Crippen LogP contribution < -0.4 is 5.32 Å². The van der Waals surface area contributed by atoms with Crippen molar-refractivity contribution in [2.45, 2.75) is 19.3 Å². The van der Waals surface area contributed by atoms with Crippen molar-refractivity contribution in [2.75, 3.05) is 12.4 Å². The second-order valence-corrected chi connectivity index (χ2v) is 6.44. The summed E-state index contributed by atoms with van der Waals surface area (Å²) in [7, 11) is -2.34. The molecule has 1 radical (unpaired) electrons. The highest BCUT2D eigenvalue weighted by atomic mass is 32.2. The van der Waals surface area contributed by atoms with Gasteiger partial charge in [-0.15, -0.1) is 0 Å². The molecule has 0 aromatic heterocycles. The Hall–Kier alpha value is -1.65. The summed E-state index contributed by atoms with van der Waals surface area (Å²) in [4.78, 5) is 0. The zero-order chi connectivity index (χ0) is 15.9. The van der Waals surface area contributed by atoms with Crippen molar-refractivity contribution < 1.29 is 8.42 Å². The first-order chi connectivity index (χ1) is 10.6. The summed E-state index contributed by atoms with van der Waals surface area (Å²) >= 11 is 0. The van der Waals surface area contributed by atoms with Crippen LogP contribution in [0, 0.1) is 6.92 Å². The predicted molar refractivity (Wildman–Crippen MR) is 92.5 cm³/mol. The highest BCUT2D eigenvalue weighted by Crippen LogP contribution is 2.23. The Kier molecular flexibility index (Phi) is 6.16. The van der Waals surface area contributed by atoms with Gasteiger partial charge in [0.15, 0.2) is 10.7 Å². The van der Waals surface area contributed by atoms with Gasteiger partial charge in [-0.1, -0.05) is 55.5 Å².